The van der Waals surface area contributed by atoms with Crippen molar-refractivity contribution in [2.24, 2.45) is 93.8 Å². The highest BCUT2D eigenvalue weighted by Crippen LogP contribution is 2.50. The molecular weight excluding hydrogens is 1520 g/mol. The Bertz CT molecular complexity index is 7740. The average Bonchev–Trinajstić information content (AvgIpc) is 0.678. The lowest BCUT2D eigenvalue weighted by atomic mass is 9.79. The summed E-state index contributed by atoms with van der Waals surface area (Å²) in [5, 5.41) is 0. The molecule has 20 atom stereocenters. The van der Waals surface area contributed by atoms with Crippen LogP contribution in [-0.4, -0.2) is 201 Å². The van der Waals surface area contributed by atoms with Gasteiger partial charge < -0.3 is 79.8 Å². The van der Waals surface area contributed by atoms with E-state index in [0.29, 0.717) is 43.6 Å². The Kier molecular flexibility index (Phi) is 12.1. The van der Waals surface area contributed by atoms with Gasteiger partial charge in [-0.3, -0.25) is 38.8 Å². The number of rotatable bonds is 28. The topological polar surface area (TPSA) is 296 Å². The SMILES string of the molecule is [2H]C([2H])([2H])Oc1cc2c(cc1OC)C1([2H])CC([2H])(OC(=O)[C@@]([2H])(N)C([2H])(C([2H])([2H])[2H])C([2H])([2H])[2H])C(C([2H])([2H])C([2H])(C)C([2H])([2H])[2H])CN1C([2H])([2H])C2([2H])[2H].[2H]c1c(OC)c(OC([2H])([2H])[2H])c([2H])c2c1C1CC(OC(=O)[C@@]([2H])(N)C([2H])(C([2H])([2H])[2H])C([2H])([2H])[2H])C(C([2H])([2H])C([2H])(C)C([2H])([2H])[2H])CN1C([2H])([2H])C2([2H])[2H].[2H]c1c(OC)c(OC)c([2H])c2c1C1CC(OC(=O)[C@@]([2H])(N)C([2H])(C([2H])([2H])[2H])C([2H])([2H])[2H])C(C([2H])([2H])C([2H])(C)C([2H])([2H])[2H])CN1C([2H])([2H])C2([2H])[2H].[2H]c1c(OC)c(OC)c([2H])c2c1C1CC(OC(=O)[C@@]([2H])(N)C([2H])(C([2H])([2H])[2H])C([2H])([2H])[2H])C(C([2H])([2H])C([2H])(C)C([2H])([2H])[2H])CN1C([2H])([2H])C2([2H])[2H]. The number of piperidine rings is 4. The number of benzene rings is 4. The highest BCUT2D eigenvalue weighted by atomic mass is 16.6. The Hall–Kier alpha value is -7.16. The fourth-order valence-corrected chi connectivity index (χ4v) is 13.5. The molecule has 4 saturated heterocycles. The normalized spacial score (nSPS) is 45.3. The number of carbonyl (C=O) groups excluding carboxylic acids is 4. The predicted octanol–water partition coefficient (Wildman–Crippen LogP) is 14.3. The zero-order chi connectivity index (χ0) is 163. The van der Waals surface area contributed by atoms with E-state index in [2.05, 4.69) is 0 Å². The molecule has 0 bridgehead atoms. The molecule has 8 N–H and O–H groups in total. The molecule has 8 aliphatic heterocycles. The molecule has 24 nitrogen and oxygen atoms in total. The number of aryl methyl sites for hydroxylation is 1. The van der Waals surface area contributed by atoms with Crippen molar-refractivity contribution in [2.75, 3.05) is 109 Å². The number of hydrogen-bond donors (Lipinski definition) is 4. The second kappa shape index (κ2) is 43.9. The minimum Gasteiger partial charge on any atom is -0.493 e. The van der Waals surface area contributed by atoms with E-state index >= 15 is 0 Å². The second-order valence-electron chi connectivity index (χ2n) is 27.0. The third-order valence-corrected chi connectivity index (χ3v) is 19.0. The zero-order valence-electron chi connectivity index (χ0n) is 152. The van der Waals surface area contributed by atoms with Gasteiger partial charge in [0.1, 0.15) is 48.5 Å². The van der Waals surface area contributed by atoms with Crippen molar-refractivity contribution in [1.29, 1.82) is 0 Å². The molecule has 8 aliphatic rings. The summed E-state index contributed by atoms with van der Waals surface area (Å²) < 4.78 is 772. The molecule has 120 heavy (non-hydrogen) atoms. The first kappa shape index (κ1) is 33.0. The number of ether oxygens (including phenoxy) is 12. The van der Waals surface area contributed by atoms with Crippen LogP contribution >= 0.6 is 0 Å². The Morgan fingerprint density at radius 3 is 1.02 bits per heavy atom. The summed E-state index contributed by atoms with van der Waals surface area (Å²) in [4.78, 5) is 57.2. The molecular formula is C96H152N8O16. The van der Waals surface area contributed by atoms with Crippen molar-refractivity contribution in [3.05, 3.63) is 92.9 Å². The van der Waals surface area contributed by atoms with Crippen molar-refractivity contribution >= 4 is 23.9 Å². The average molecular weight is 1760 g/mol. The molecule has 4 aromatic rings. The molecule has 0 aromatic heterocycles. The van der Waals surface area contributed by atoms with Gasteiger partial charge in [-0.05, 0) is 191 Å². The molecule has 8 heterocycles. The van der Waals surface area contributed by atoms with Crippen LogP contribution in [0.2, 0.25) is 0 Å². The van der Waals surface area contributed by atoms with Gasteiger partial charge in [0.15, 0.2) is 46.0 Å². The minimum absolute atomic E-state index is 0.362. The van der Waals surface area contributed by atoms with Crippen molar-refractivity contribution in [2.45, 2.75) is 259 Å². The molecule has 672 valence electrons. The standard InChI is InChI=1S/4C24H38N2O4/c4*1-14(2)9-17-13-26-8-7-16-10-21(28-5)22(29-6)11-18(16)19(26)12-20(17)30-24(27)23(25)15(3)4/h4*10-11,14-15,17,19-20,23H,7-9,12-13,25H2,1-6H3/t4*17?,19?,20?,23-/m0000/s1/i1D3,3D3,4D3,5D3,7D2,8D2,9D2,14D,15D,19D,20D,23D;1D3,3D3,4D3,5D3,7D2,8D2,9D2,10D,11D,14D,15D,23D;2*1D3,3D3,4D3,7D2,8D2,9D2,10D,11D,14D,15D,23D/t4*14?,17?,19?,20?,23-. The van der Waals surface area contributed by atoms with Gasteiger partial charge in [-0.15, -0.1) is 0 Å². The van der Waals surface area contributed by atoms with Crippen LogP contribution in [0.25, 0.3) is 0 Å². The van der Waals surface area contributed by atoms with E-state index in [-0.39, 0.29) is 11.5 Å². The van der Waals surface area contributed by atoms with E-state index in [0.717, 1.165) is 58.5 Å². The van der Waals surface area contributed by atoms with Crippen LogP contribution < -0.4 is 60.8 Å². The summed E-state index contributed by atoms with van der Waals surface area (Å²) >= 11 is 0. The molecule has 4 aromatic carbocycles. The number of methoxy groups -OCH3 is 8. The van der Waals surface area contributed by atoms with E-state index in [1.807, 2.05) is 0 Å². The number of hydrogen-bond acceptors (Lipinski definition) is 24. The largest absolute Gasteiger partial charge is 0.493 e. The highest BCUT2D eigenvalue weighted by molar-refractivity contribution is 5.77. The number of nitrogens with two attached hydrogens (primary N) is 4. The predicted molar refractivity (Wildman–Crippen MR) is 471 cm³/mol. The van der Waals surface area contributed by atoms with Crippen molar-refractivity contribution in [3.63, 3.8) is 0 Å². The molecule has 0 amide bonds. The molecule has 24 heteroatoms. The van der Waals surface area contributed by atoms with Gasteiger partial charge in [0.25, 0.3) is 0 Å². The third-order valence-electron chi connectivity index (χ3n) is 19.0. The van der Waals surface area contributed by atoms with E-state index in [1.54, 1.807) is 0 Å². The van der Waals surface area contributed by atoms with Gasteiger partial charge in [0.2, 0.25) is 0 Å². The lowest BCUT2D eigenvalue weighted by molar-refractivity contribution is -0.161. The monoisotopic (exact) mass is 1760 g/mol. The van der Waals surface area contributed by atoms with E-state index in [1.165, 1.54) is 0 Å². The summed E-state index contributed by atoms with van der Waals surface area (Å²) in [5.41, 5.74) is 17.7. The van der Waals surface area contributed by atoms with Gasteiger partial charge >= 0.3 is 23.9 Å². The first-order chi connectivity index (χ1) is 90.4. The van der Waals surface area contributed by atoms with Gasteiger partial charge in [0.05, 0.1) is 81.4 Å². The van der Waals surface area contributed by atoms with Crippen LogP contribution in [0.3, 0.4) is 0 Å². The summed E-state index contributed by atoms with van der Waals surface area (Å²) in [6.45, 7) is -60.7. The second-order valence-corrected chi connectivity index (χ2v) is 27.0. The Morgan fingerprint density at radius 1 is 0.392 bits per heavy atom. The quantitative estimate of drug-likeness (QED) is 0.0303. The van der Waals surface area contributed by atoms with Gasteiger partial charge in [-0.2, -0.15) is 0 Å². The highest BCUT2D eigenvalue weighted by Gasteiger charge is 2.47. The molecule has 0 radical (unpaired) electrons. The van der Waals surface area contributed by atoms with Crippen LogP contribution in [0.1, 0.15) is 348 Å². The summed E-state index contributed by atoms with van der Waals surface area (Å²) in [6.07, 6.45) is -40.8. The minimum atomic E-state index is -4.20. The number of fused-ring (bicyclic) bond motifs is 12. The van der Waals surface area contributed by atoms with Crippen LogP contribution in [0.5, 0.6) is 46.0 Å². The summed E-state index contributed by atoms with van der Waals surface area (Å²) in [7, 11) is -0.0844. The van der Waals surface area contributed by atoms with Crippen molar-refractivity contribution < 1.29 is 194 Å². The van der Waals surface area contributed by atoms with Crippen LogP contribution in [-0.2, 0) is 63.6 Å². The number of nitrogens with zero attached hydrogens (tertiary/aromatic N) is 4. The smallest absolute Gasteiger partial charge is 0.323 e. The number of esters is 4. The fourth-order valence-electron chi connectivity index (χ4n) is 13.5. The Labute approximate surface area is 839 Å². The van der Waals surface area contributed by atoms with Crippen LogP contribution in [0.4, 0.5) is 0 Å². The molecule has 0 saturated carbocycles. The van der Waals surface area contributed by atoms with Crippen LogP contribution in [0, 0.1) is 70.8 Å². The lowest BCUT2D eigenvalue weighted by Crippen LogP contribution is -2.51. The maximum atomic E-state index is 13.8. The van der Waals surface area contributed by atoms with Crippen molar-refractivity contribution in [1.82, 2.24) is 19.6 Å². The van der Waals surface area contributed by atoms with E-state index in [4.69, 9.17) is 195 Å². The van der Waals surface area contributed by atoms with Gasteiger partial charge in [0, 0.05) is 219 Å². The number of carbonyl (C=O) groups is 4. The lowest BCUT2D eigenvalue weighted by Gasteiger charge is -2.47. The summed E-state index contributed by atoms with van der Waals surface area (Å²) in [6, 6.07) is -27.0. The first-order valence-corrected chi connectivity index (χ1v) is 35.9. The maximum Gasteiger partial charge on any atom is 0.323 e. The van der Waals surface area contributed by atoms with E-state index in [9.17, 15) is 21.9 Å². The molecule has 16 unspecified atom stereocenters. The molecule has 0 spiro atoms. The fraction of sp³-hybridized carbons (Fsp3) is 0.708. The third kappa shape index (κ3) is 23.8. The molecule has 12 rings (SSSR count). The molecule has 0 aliphatic carbocycles. The van der Waals surface area contributed by atoms with Gasteiger partial charge in [-0.25, -0.2) is 0 Å². The molecule has 4 fully saturated rings. The first-order valence-electron chi connectivity index (χ1n) is 78.9. The summed E-state index contributed by atoms with van der Waals surface area (Å²) in [5.74, 6) is -51.4. The Morgan fingerprint density at radius 2 is 0.683 bits per heavy atom. The van der Waals surface area contributed by atoms with Crippen molar-refractivity contribution in [3.8, 4) is 46.0 Å². The van der Waals surface area contributed by atoms with Gasteiger partial charge in [-0.1, -0.05) is 110 Å². The maximum absolute atomic E-state index is 13.8. The Balaban J connectivity index is 0.000000297. The zero-order valence-corrected chi connectivity index (χ0v) is 66.2. The van der Waals surface area contributed by atoms with Crippen LogP contribution in [0.15, 0.2) is 48.4 Å². The van der Waals surface area contributed by atoms with E-state index < -0.39 is 508 Å².